The zero-order valence-corrected chi connectivity index (χ0v) is 15.9. The number of hydrogen-bond donors (Lipinski definition) is 1. The van der Waals surface area contributed by atoms with Crippen LogP contribution >= 0.6 is 0 Å². The molecule has 9 nitrogen and oxygen atoms in total. The van der Waals surface area contributed by atoms with Gasteiger partial charge >= 0.3 is 0 Å². The maximum absolute atomic E-state index is 12.9. The van der Waals surface area contributed by atoms with Crippen LogP contribution in [0.5, 0.6) is 0 Å². The predicted molar refractivity (Wildman–Crippen MR) is 108 cm³/mol. The fourth-order valence-electron chi connectivity index (χ4n) is 3.57. The quantitative estimate of drug-likeness (QED) is 0.553. The van der Waals surface area contributed by atoms with Crippen LogP contribution in [0.25, 0.3) is 16.7 Å². The molecule has 1 fully saturated rings. The summed E-state index contributed by atoms with van der Waals surface area (Å²) in [6, 6.07) is 13.1. The third kappa shape index (κ3) is 3.35. The van der Waals surface area contributed by atoms with E-state index >= 15 is 0 Å². The Morgan fingerprint density at radius 3 is 2.90 bits per heavy atom. The first-order valence-electron chi connectivity index (χ1n) is 9.52. The largest absolute Gasteiger partial charge is 0.377 e. The Bertz CT molecular complexity index is 1270. The highest BCUT2D eigenvalue weighted by atomic mass is 16.5. The topological polar surface area (TPSA) is 104 Å². The summed E-state index contributed by atoms with van der Waals surface area (Å²) in [7, 11) is 0. The van der Waals surface area contributed by atoms with Crippen molar-refractivity contribution in [3.05, 3.63) is 83.0 Å². The first-order chi connectivity index (χ1) is 14.7. The Kier molecular flexibility index (Phi) is 4.56. The van der Waals surface area contributed by atoms with Crippen LogP contribution in [0.3, 0.4) is 0 Å². The molecule has 9 heteroatoms. The molecule has 0 spiro atoms. The third-order valence-corrected chi connectivity index (χ3v) is 5.10. The molecule has 3 aromatic heterocycles. The number of fused-ring (bicyclic) bond motifs is 1. The van der Waals surface area contributed by atoms with Gasteiger partial charge in [-0.15, -0.1) is 5.10 Å². The van der Waals surface area contributed by atoms with Gasteiger partial charge in [0.05, 0.1) is 24.8 Å². The van der Waals surface area contributed by atoms with Gasteiger partial charge in [0.15, 0.2) is 5.82 Å². The number of rotatable bonds is 4. The summed E-state index contributed by atoms with van der Waals surface area (Å²) in [5.74, 6) is 0.274. The van der Waals surface area contributed by atoms with Gasteiger partial charge in [-0.1, -0.05) is 6.07 Å². The van der Waals surface area contributed by atoms with Crippen molar-refractivity contribution >= 4 is 16.8 Å². The molecular formula is C21H18N6O3. The van der Waals surface area contributed by atoms with Crippen molar-refractivity contribution in [3.63, 3.8) is 0 Å². The molecule has 0 bridgehead atoms. The fourth-order valence-corrected chi connectivity index (χ4v) is 3.57. The zero-order chi connectivity index (χ0) is 20.5. The smallest absolute Gasteiger partial charge is 0.267 e. The van der Waals surface area contributed by atoms with E-state index in [2.05, 4.69) is 20.5 Å². The number of ether oxygens (including phenoxy) is 1. The monoisotopic (exact) mass is 402 g/mol. The van der Waals surface area contributed by atoms with Gasteiger partial charge in [-0.25, -0.2) is 9.36 Å². The van der Waals surface area contributed by atoms with Gasteiger partial charge < -0.3 is 10.1 Å². The van der Waals surface area contributed by atoms with E-state index in [0.29, 0.717) is 18.0 Å². The standard InChI is InChI=1S/C21H18N6O3/c28-20-7-6-19(26-10-2-9-23-26)25-27(20)18-13-30-12-17(18)24-21(29)15-4-5-16-14(11-15)3-1-8-22-16/h1-11,17-18H,12-13H2,(H,24,29). The highest BCUT2D eigenvalue weighted by Crippen LogP contribution is 2.19. The molecule has 1 aliphatic rings. The molecule has 1 amide bonds. The van der Waals surface area contributed by atoms with Crippen molar-refractivity contribution in [1.82, 2.24) is 29.9 Å². The Morgan fingerprint density at radius 2 is 2.03 bits per heavy atom. The molecule has 1 aromatic carbocycles. The second-order valence-electron chi connectivity index (χ2n) is 7.02. The van der Waals surface area contributed by atoms with Crippen molar-refractivity contribution in [1.29, 1.82) is 0 Å². The molecule has 2 unspecified atom stereocenters. The Labute approximate surface area is 170 Å². The van der Waals surface area contributed by atoms with Gasteiger partial charge in [-0.05, 0) is 36.4 Å². The minimum atomic E-state index is -0.418. The second kappa shape index (κ2) is 7.53. The van der Waals surface area contributed by atoms with Gasteiger partial charge in [0, 0.05) is 35.6 Å². The normalized spacial score (nSPS) is 18.5. The summed E-state index contributed by atoms with van der Waals surface area (Å²) < 4.78 is 8.50. The molecule has 4 aromatic rings. The molecule has 150 valence electrons. The molecule has 1 N–H and O–H groups in total. The summed E-state index contributed by atoms with van der Waals surface area (Å²) in [6.45, 7) is 0.577. The number of pyridine rings is 1. The van der Waals surface area contributed by atoms with Crippen LogP contribution in [0, 0.1) is 0 Å². The maximum atomic E-state index is 12.9. The van der Waals surface area contributed by atoms with Gasteiger partial charge in [0.1, 0.15) is 6.04 Å². The van der Waals surface area contributed by atoms with E-state index in [1.807, 2.05) is 18.2 Å². The summed E-state index contributed by atoms with van der Waals surface area (Å²) in [5, 5.41) is 12.4. The lowest BCUT2D eigenvalue weighted by molar-refractivity contribution is 0.0925. The highest BCUT2D eigenvalue weighted by Gasteiger charge is 2.33. The molecule has 30 heavy (non-hydrogen) atoms. The Balaban J connectivity index is 1.40. The molecule has 0 aliphatic carbocycles. The van der Waals surface area contributed by atoms with Crippen LogP contribution < -0.4 is 10.9 Å². The predicted octanol–water partition coefficient (Wildman–Crippen LogP) is 1.35. The number of amides is 1. The van der Waals surface area contributed by atoms with Crippen LogP contribution in [0.2, 0.25) is 0 Å². The van der Waals surface area contributed by atoms with Crippen LogP contribution in [-0.4, -0.2) is 49.7 Å². The number of carbonyl (C=O) groups excluding carboxylic acids is 1. The number of aromatic nitrogens is 5. The summed E-state index contributed by atoms with van der Waals surface area (Å²) in [5.41, 5.74) is 1.08. The molecule has 0 saturated carbocycles. The lowest BCUT2D eigenvalue weighted by Gasteiger charge is -2.20. The van der Waals surface area contributed by atoms with E-state index in [1.165, 1.54) is 10.7 Å². The molecule has 1 saturated heterocycles. The third-order valence-electron chi connectivity index (χ3n) is 5.10. The van der Waals surface area contributed by atoms with E-state index in [1.54, 1.807) is 47.5 Å². The fraction of sp³-hybridized carbons (Fsp3) is 0.190. The van der Waals surface area contributed by atoms with E-state index in [0.717, 1.165) is 10.9 Å². The summed E-state index contributed by atoms with van der Waals surface area (Å²) in [6.07, 6.45) is 5.10. The SMILES string of the molecule is O=C(NC1COCC1n1nc(-n2cccn2)ccc1=O)c1ccc2ncccc2c1. The minimum Gasteiger partial charge on any atom is -0.377 e. The number of carbonyl (C=O) groups is 1. The van der Waals surface area contributed by atoms with Crippen LogP contribution in [0.15, 0.2) is 71.9 Å². The van der Waals surface area contributed by atoms with E-state index in [-0.39, 0.29) is 24.1 Å². The van der Waals surface area contributed by atoms with Gasteiger partial charge in [0.25, 0.3) is 11.5 Å². The molecule has 0 radical (unpaired) electrons. The summed E-state index contributed by atoms with van der Waals surface area (Å²) >= 11 is 0. The number of nitrogens with zero attached hydrogens (tertiary/aromatic N) is 5. The zero-order valence-electron chi connectivity index (χ0n) is 15.9. The lowest BCUT2D eigenvalue weighted by atomic mass is 10.1. The van der Waals surface area contributed by atoms with E-state index in [9.17, 15) is 9.59 Å². The van der Waals surface area contributed by atoms with Crippen LogP contribution in [-0.2, 0) is 4.74 Å². The van der Waals surface area contributed by atoms with Crippen molar-refractivity contribution < 1.29 is 9.53 Å². The maximum Gasteiger partial charge on any atom is 0.267 e. The number of nitrogens with one attached hydrogen (secondary N) is 1. The van der Waals surface area contributed by atoms with Crippen molar-refractivity contribution in [2.24, 2.45) is 0 Å². The Hall–Kier alpha value is -3.85. The molecule has 4 heterocycles. The first kappa shape index (κ1) is 18.2. The van der Waals surface area contributed by atoms with Crippen molar-refractivity contribution in [3.8, 4) is 5.82 Å². The van der Waals surface area contributed by atoms with Crippen molar-refractivity contribution in [2.75, 3.05) is 13.2 Å². The van der Waals surface area contributed by atoms with Gasteiger partial charge in [-0.2, -0.15) is 5.10 Å². The first-order valence-corrected chi connectivity index (χ1v) is 9.52. The lowest BCUT2D eigenvalue weighted by Crippen LogP contribution is -2.44. The van der Waals surface area contributed by atoms with E-state index in [4.69, 9.17) is 4.74 Å². The molecular weight excluding hydrogens is 384 g/mol. The highest BCUT2D eigenvalue weighted by molar-refractivity contribution is 5.98. The molecule has 1 aliphatic heterocycles. The molecule has 5 rings (SSSR count). The second-order valence-corrected chi connectivity index (χ2v) is 7.02. The number of hydrogen-bond acceptors (Lipinski definition) is 6. The van der Waals surface area contributed by atoms with Crippen LogP contribution in [0.1, 0.15) is 16.4 Å². The average molecular weight is 402 g/mol. The molecule has 2 atom stereocenters. The summed E-state index contributed by atoms with van der Waals surface area (Å²) in [4.78, 5) is 29.6. The average Bonchev–Trinajstić information content (AvgIpc) is 3.46. The Morgan fingerprint density at radius 1 is 1.10 bits per heavy atom. The van der Waals surface area contributed by atoms with Crippen LogP contribution in [0.4, 0.5) is 0 Å². The van der Waals surface area contributed by atoms with Crippen molar-refractivity contribution in [2.45, 2.75) is 12.1 Å². The van der Waals surface area contributed by atoms with Gasteiger partial charge in [-0.3, -0.25) is 14.6 Å². The minimum absolute atomic E-state index is 0.238. The van der Waals surface area contributed by atoms with E-state index < -0.39 is 6.04 Å². The van der Waals surface area contributed by atoms with Gasteiger partial charge in [0.2, 0.25) is 0 Å². The number of benzene rings is 1.